The van der Waals surface area contributed by atoms with Crippen LogP contribution in [-0.4, -0.2) is 24.1 Å². The van der Waals surface area contributed by atoms with Gasteiger partial charge in [-0.2, -0.15) is 0 Å². The first-order chi connectivity index (χ1) is 10.4. The van der Waals surface area contributed by atoms with Gasteiger partial charge in [-0.25, -0.2) is 0 Å². The van der Waals surface area contributed by atoms with Crippen molar-refractivity contribution in [2.75, 3.05) is 13.9 Å². The number of fused-ring (bicyclic) bond motifs is 1. The Balaban J connectivity index is 2.67. The summed E-state index contributed by atoms with van der Waals surface area (Å²) < 4.78 is 10.5. The van der Waals surface area contributed by atoms with Gasteiger partial charge in [0.1, 0.15) is 5.75 Å². The summed E-state index contributed by atoms with van der Waals surface area (Å²) >= 11 is 0. The molecule has 0 radical (unpaired) electrons. The first-order valence-corrected chi connectivity index (χ1v) is 7.34. The minimum Gasteiger partial charge on any atom is -0.467 e. The number of aliphatic hydroxyl groups is 2. The Bertz CT molecular complexity index is 656. The molecule has 2 N–H and O–H groups in total. The molecule has 0 aromatic heterocycles. The van der Waals surface area contributed by atoms with E-state index < -0.39 is 0 Å². The van der Waals surface area contributed by atoms with Gasteiger partial charge in [-0.1, -0.05) is 39.0 Å². The lowest BCUT2D eigenvalue weighted by atomic mass is 9.85. The molecule has 0 aliphatic rings. The largest absolute Gasteiger partial charge is 0.467 e. The second-order valence-electron chi connectivity index (χ2n) is 6.40. The molecule has 0 bridgehead atoms. The Morgan fingerprint density at radius 1 is 1.05 bits per heavy atom. The smallest absolute Gasteiger partial charge is 0.188 e. The number of hydrogen-bond donors (Lipinski definition) is 2. The normalized spacial score (nSPS) is 11.9. The van der Waals surface area contributed by atoms with E-state index in [2.05, 4.69) is 32.9 Å². The average Bonchev–Trinajstić information content (AvgIpc) is 2.49. The van der Waals surface area contributed by atoms with E-state index in [1.165, 1.54) is 12.7 Å². The Morgan fingerprint density at radius 2 is 1.77 bits per heavy atom. The monoisotopic (exact) mass is 304 g/mol. The molecule has 0 amide bonds. The maximum atomic E-state index is 9.76. The highest BCUT2D eigenvalue weighted by Crippen LogP contribution is 2.35. The van der Waals surface area contributed by atoms with Crippen molar-refractivity contribution in [2.24, 2.45) is 0 Å². The Morgan fingerprint density at radius 3 is 2.32 bits per heavy atom. The molecule has 0 saturated heterocycles. The van der Waals surface area contributed by atoms with Gasteiger partial charge in [0.2, 0.25) is 0 Å². The molecule has 0 spiro atoms. The lowest BCUT2D eigenvalue weighted by molar-refractivity contribution is 0.0480. The van der Waals surface area contributed by atoms with E-state index in [0.717, 1.165) is 10.8 Å². The molecule has 0 heterocycles. The number of rotatable bonds is 5. The summed E-state index contributed by atoms with van der Waals surface area (Å²) in [6.07, 6.45) is 0. The maximum absolute atomic E-state index is 9.76. The molecule has 0 atom stereocenters. The Hall–Kier alpha value is -1.62. The van der Waals surface area contributed by atoms with Gasteiger partial charge in [-0.05, 0) is 27.8 Å². The molecule has 0 aliphatic heterocycles. The van der Waals surface area contributed by atoms with Crippen LogP contribution in [0.5, 0.6) is 5.75 Å². The van der Waals surface area contributed by atoms with Crippen molar-refractivity contribution in [3.63, 3.8) is 0 Å². The fraction of sp³-hybridized carbons (Fsp3) is 0.444. The van der Waals surface area contributed by atoms with Crippen LogP contribution in [0.25, 0.3) is 10.8 Å². The van der Waals surface area contributed by atoms with Crippen LogP contribution in [0, 0.1) is 0 Å². The first-order valence-electron chi connectivity index (χ1n) is 7.34. The van der Waals surface area contributed by atoms with Gasteiger partial charge in [0.15, 0.2) is 6.79 Å². The van der Waals surface area contributed by atoms with Crippen LogP contribution in [0.1, 0.15) is 37.5 Å². The third-order valence-corrected chi connectivity index (χ3v) is 3.79. The van der Waals surface area contributed by atoms with Gasteiger partial charge in [0.25, 0.3) is 0 Å². The highest BCUT2D eigenvalue weighted by atomic mass is 16.7. The van der Waals surface area contributed by atoms with Crippen LogP contribution >= 0.6 is 0 Å². The van der Waals surface area contributed by atoms with Crippen molar-refractivity contribution < 1.29 is 19.7 Å². The minimum atomic E-state index is -0.155. The first kappa shape index (κ1) is 16.7. The SMILES string of the molecule is COCOc1c(CO)cc2cc(C(C)(C)C)ccc2c1CO. The van der Waals surface area contributed by atoms with Gasteiger partial charge < -0.3 is 19.7 Å². The molecule has 4 nitrogen and oxygen atoms in total. The van der Waals surface area contributed by atoms with Gasteiger partial charge in [0.05, 0.1) is 13.2 Å². The zero-order valence-electron chi connectivity index (χ0n) is 13.6. The molecule has 22 heavy (non-hydrogen) atoms. The Kier molecular flexibility index (Phi) is 5.06. The van der Waals surface area contributed by atoms with Crippen LogP contribution in [-0.2, 0) is 23.4 Å². The molecule has 0 fully saturated rings. The third kappa shape index (κ3) is 3.24. The highest BCUT2D eigenvalue weighted by molar-refractivity contribution is 5.89. The van der Waals surface area contributed by atoms with Gasteiger partial charge in [-0.15, -0.1) is 0 Å². The van der Waals surface area contributed by atoms with Crippen LogP contribution in [0.2, 0.25) is 0 Å². The summed E-state index contributed by atoms with van der Waals surface area (Å²) in [6, 6.07) is 8.09. The molecule has 120 valence electrons. The topological polar surface area (TPSA) is 58.9 Å². The fourth-order valence-corrected chi connectivity index (χ4v) is 2.56. The summed E-state index contributed by atoms with van der Waals surface area (Å²) in [6.45, 7) is 6.24. The number of benzene rings is 2. The number of methoxy groups -OCH3 is 1. The molecule has 2 aromatic carbocycles. The van der Waals surface area contributed by atoms with Gasteiger partial charge in [0, 0.05) is 18.2 Å². The second-order valence-corrected chi connectivity index (χ2v) is 6.40. The zero-order chi connectivity index (χ0) is 16.3. The van der Waals surface area contributed by atoms with Crippen molar-refractivity contribution >= 4 is 10.8 Å². The summed E-state index contributed by atoms with van der Waals surface area (Å²) in [5.74, 6) is 0.503. The molecule has 2 aromatic rings. The average molecular weight is 304 g/mol. The van der Waals surface area contributed by atoms with Crippen molar-refractivity contribution in [3.8, 4) is 5.75 Å². The van der Waals surface area contributed by atoms with Crippen molar-refractivity contribution in [3.05, 3.63) is 41.0 Å². The number of aliphatic hydroxyl groups excluding tert-OH is 2. The predicted molar refractivity (Wildman–Crippen MR) is 87.0 cm³/mol. The summed E-state index contributed by atoms with van der Waals surface area (Å²) in [5, 5.41) is 21.3. The third-order valence-electron chi connectivity index (χ3n) is 3.79. The molecular weight excluding hydrogens is 280 g/mol. The molecular formula is C18H24O4. The van der Waals surface area contributed by atoms with Gasteiger partial charge in [-0.3, -0.25) is 0 Å². The van der Waals surface area contributed by atoms with E-state index in [1.54, 1.807) is 0 Å². The minimum absolute atomic E-state index is 0.0398. The number of ether oxygens (including phenoxy) is 2. The van der Waals surface area contributed by atoms with Gasteiger partial charge >= 0.3 is 0 Å². The zero-order valence-corrected chi connectivity index (χ0v) is 13.6. The van der Waals surface area contributed by atoms with E-state index in [9.17, 15) is 10.2 Å². The lowest BCUT2D eigenvalue weighted by Gasteiger charge is -2.21. The molecule has 4 heteroatoms. The van der Waals surface area contributed by atoms with Crippen LogP contribution in [0.3, 0.4) is 0 Å². The summed E-state index contributed by atoms with van der Waals surface area (Å²) in [5.41, 5.74) is 2.58. The quantitative estimate of drug-likeness (QED) is 0.833. The van der Waals surface area contributed by atoms with E-state index in [0.29, 0.717) is 16.9 Å². The van der Waals surface area contributed by atoms with Crippen LogP contribution < -0.4 is 4.74 Å². The molecule has 0 unspecified atom stereocenters. The fourth-order valence-electron chi connectivity index (χ4n) is 2.56. The van der Waals surface area contributed by atoms with E-state index in [1.807, 2.05) is 12.1 Å². The van der Waals surface area contributed by atoms with Crippen molar-refractivity contribution in [2.45, 2.75) is 39.4 Å². The Labute approximate surface area is 131 Å². The number of hydrogen-bond acceptors (Lipinski definition) is 4. The standard InChI is InChI=1S/C18H24O4/c1-18(2,3)14-5-6-15-12(8-14)7-13(9-19)17(16(15)10-20)22-11-21-4/h5-8,19-20H,9-11H2,1-4H3. The lowest BCUT2D eigenvalue weighted by Crippen LogP contribution is -2.11. The summed E-state index contributed by atoms with van der Waals surface area (Å²) in [7, 11) is 1.54. The second kappa shape index (κ2) is 6.65. The van der Waals surface area contributed by atoms with Crippen LogP contribution in [0.15, 0.2) is 24.3 Å². The highest BCUT2D eigenvalue weighted by Gasteiger charge is 2.18. The predicted octanol–water partition coefficient (Wildman–Crippen LogP) is 3.10. The van der Waals surface area contributed by atoms with E-state index >= 15 is 0 Å². The van der Waals surface area contributed by atoms with Crippen molar-refractivity contribution in [1.82, 2.24) is 0 Å². The van der Waals surface area contributed by atoms with E-state index in [4.69, 9.17) is 9.47 Å². The van der Waals surface area contributed by atoms with Crippen molar-refractivity contribution in [1.29, 1.82) is 0 Å². The maximum Gasteiger partial charge on any atom is 0.188 e. The molecule has 2 rings (SSSR count). The summed E-state index contributed by atoms with van der Waals surface area (Å²) in [4.78, 5) is 0. The van der Waals surface area contributed by atoms with Crippen LogP contribution in [0.4, 0.5) is 0 Å². The molecule has 0 aliphatic carbocycles. The molecule has 0 saturated carbocycles. The van der Waals surface area contributed by atoms with E-state index in [-0.39, 0.29) is 25.4 Å².